The molecule has 0 aliphatic rings. The highest BCUT2D eigenvalue weighted by Crippen LogP contribution is 2.42. The van der Waals surface area contributed by atoms with Crippen molar-refractivity contribution in [3.05, 3.63) is 188 Å². The van der Waals surface area contributed by atoms with Gasteiger partial charge >= 0.3 is 0 Å². The van der Waals surface area contributed by atoms with Crippen LogP contribution in [0.25, 0.3) is 109 Å². The normalized spacial score (nSPS) is 11.6. The van der Waals surface area contributed by atoms with Gasteiger partial charge in [-0.3, -0.25) is 0 Å². The Hall–Kier alpha value is -7.01. The van der Waals surface area contributed by atoms with E-state index in [9.17, 15) is 0 Å². The first kappa shape index (κ1) is 31.5. The van der Waals surface area contributed by atoms with E-state index in [0.29, 0.717) is 17.5 Å². The van der Waals surface area contributed by atoms with Crippen LogP contribution in [0, 0.1) is 0 Å². The molecule has 55 heavy (non-hydrogen) atoms. The molecule has 0 saturated heterocycles. The van der Waals surface area contributed by atoms with E-state index in [2.05, 4.69) is 188 Å². The summed E-state index contributed by atoms with van der Waals surface area (Å²) >= 11 is 1.79. The number of benzene rings is 9. The van der Waals surface area contributed by atoms with Crippen LogP contribution >= 0.6 is 11.3 Å². The lowest BCUT2D eigenvalue weighted by Gasteiger charge is -2.16. The second-order valence-corrected chi connectivity index (χ2v) is 15.0. The maximum atomic E-state index is 5.42. The molecule has 0 aliphatic carbocycles. The summed E-state index contributed by atoms with van der Waals surface area (Å²) < 4.78 is 2.42. The maximum Gasteiger partial charge on any atom is 0.165 e. The molecular formula is C51H31N3S. The first-order valence-electron chi connectivity index (χ1n) is 18.5. The highest BCUT2D eigenvalue weighted by atomic mass is 32.1. The van der Waals surface area contributed by atoms with Crippen LogP contribution in [0.1, 0.15) is 0 Å². The number of thiophene rings is 1. The van der Waals surface area contributed by atoms with Crippen molar-refractivity contribution in [1.29, 1.82) is 0 Å². The van der Waals surface area contributed by atoms with Crippen LogP contribution < -0.4 is 0 Å². The highest BCUT2D eigenvalue weighted by Gasteiger charge is 2.21. The van der Waals surface area contributed by atoms with Gasteiger partial charge in [0.1, 0.15) is 0 Å². The van der Waals surface area contributed by atoms with Gasteiger partial charge < -0.3 is 0 Å². The van der Waals surface area contributed by atoms with Gasteiger partial charge in [-0.1, -0.05) is 164 Å². The fourth-order valence-electron chi connectivity index (χ4n) is 8.07. The fraction of sp³-hybridized carbons (Fsp3) is 0. The van der Waals surface area contributed by atoms with Crippen molar-refractivity contribution in [2.75, 3.05) is 0 Å². The minimum atomic E-state index is 0.637. The van der Waals surface area contributed by atoms with Crippen molar-refractivity contribution in [2.45, 2.75) is 0 Å². The second kappa shape index (κ2) is 12.8. The summed E-state index contributed by atoms with van der Waals surface area (Å²) in [6.45, 7) is 0. The molecule has 0 radical (unpaired) electrons. The van der Waals surface area contributed by atoms with Crippen molar-refractivity contribution in [3.8, 4) is 56.4 Å². The highest BCUT2D eigenvalue weighted by molar-refractivity contribution is 7.26. The number of fused-ring (bicyclic) bond motifs is 6. The molecule has 2 aromatic heterocycles. The van der Waals surface area contributed by atoms with E-state index in [0.717, 1.165) is 44.2 Å². The molecule has 11 rings (SSSR count). The lowest BCUT2D eigenvalue weighted by molar-refractivity contribution is 1.08. The summed E-state index contributed by atoms with van der Waals surface area (Å²) in [4.78, 5) is 16.1. The minimum absolute atomic E-state index is 0.637. The fourth-order valence-corrected chi connectivity index (χ4v) is 9.29. The average Bonchev–Trinajstić information content (AvgIpc) is 3.64. The van der Waals surface area contributed by atoms with Gasteiger partial charge in [-0.05, 0) is 78.8 Å². The van der Waals surface area contributed by atoms with E-state index in [1.165, 1.54) is 47.3 Å². The zero-order valence-electron chi connectivity index (χ0n) is 29.6. The van der Waals surface area contributed by atoms with E-state index in [4.69, 9.17) is 15.0 Å². The van der Waals surface area contributed by atoms with Gasteiger partial charge in [-0.2, -0.15) is 0 Å². The molecule has 0 amide bonds. The van der Waals surface area contributed by atoms with Crippen LogP contribution in [-0.4, -0.2) is 15.0 Å². The predicted molar refractivity (Wildman–Crippen MR) is 232 cm³/mol. The Morgan fingerprint density at radius 1 is 0.309 bits per heavy atom. The molecule has 11 aromatic rings. The van der Waals surface area contributed by atoms with Crippen LogP contribution in [0.4, 0.5) is 0 Å². The molecule has 0 N–H and O–H groups in total. The van der Waals surface area contributed by atoms with Gasteiger partial charge in [0.15, 0.2) is 17.5 Å². The van der Waals surface area contributed by atoms with Crippen molar-refractivity contribution in [1.82, 2.24) is 15.0 Å². The summed E-state index contributed by atoms with van der Waals surface area (Å²) in [7, 11) is 0. The average molecular weight is 718 g/mol. The minimum Gasteiger partial charge on any atom is -0.208 e. The van der Waals surface area contributed by atoms with Crippen molar-refractivity contribution in [3.63, 3.8) is 0 Å². The Kier molecular flexibility index (Phi) is 7.35. The maximum absolute atomic E-state index is 5.42. The summed E-state index contributed by atoms with van der Waals surface area (Å²) in [5.74, 6) is 1.94. The first-order chi connectivity index (χ1) is 27.2. The van der Waals surface area contributed by atoms with Gasteiger partial charge in [0, 0.05) is 36.9 Å². The van der Waals surface area contributed by atoms with E-state index in [1.54, 1.807) is 11.3 Å². The molecule has 0 fully saturated rings. The molecule has 4 heteroatoms. The van der Waals surface area contributed by atoms with E-state index in [-0.39, 0.29) is 0 Å². The van der Waals surface area contributed by atoms with Gasteiger partial charge in [-0.25, -0.2) is 15.0 Å². The zero-order valence-corrected chi connectivity index (χ0v) is 30.5. The summed E-state index contributed by atoms with van der Waals surface area (Å²) in [6, 6.07) is 66.9. The Morgan fingerprint density at radius 3 is 1.78 bits per heavy atom. The third-order valence-corrected chi connectivity index (χ3v) is 11.9. The zero-order chi connectivity index (χ0) is 36.3. The van der Waals surface area contributed by atoms with Gasteiger partial charge in [0.25, 0.3) is 0 Å². The standard InChI is InChI=1S/C51H31N3S/c1-2-15-35-30-37(27-26-32(35)12-1)42-29-28-34-14-4-6-20-41(34)47(42)51-53-49(38-18-9-17-36(31-38)40-22-10-16-33-13-3-5-19-39(33)40)52-50(54-51)45-24-11-23-44-43-21-7-8-25-46(43)55-48(44)45/h1-31H. The molecule has 0 bridgehead atoms. The Bertz CT molecular complexity index is 3280. The molecule has 256 valence electrons. The second-order valence-electron chi connectivity index (χ2n) is 14.0. The van der Waals surface area contributed by atoms with Crippen LogP contribution in [0.15, 0.2) is 188 Å². The predicted octanol–water partition coefficient (Wildman–Crippen LogP) is 14.0. The molecule has 3 nitrogen and oxygen atoms in total. The molecule has 0 saturated carbocycles. The van der Waals surface area contributed by atoms with E-state index in [1.807, 2.05) is 0 Å². The van der Waals surface area contributed by atoms with Crippen molar-refractivity contribution < 1.29 is 0 Å². The third kappa shape index (κ3) is 5.38. The lowest BCUT2D eigenvalue weighted by Crippen LogP contribution is -2.02. The molecule has 0 aliphatic heterocycles. The Morgan fingerprint density at radius 2 is 0.891 bits per heavy atom. The number of hydrogen-bond acceptors (Lipinski definition) is 4. The molecule has 0 spiro atoms. The number of aromatic nitrogens is 3. The Balaban J connectivity index is 1.19. The Labute approximate surface area is 321 Å². The smallest absolute Gasteiger partial charge is 0.165 e. The van der Waals surface area contributed by atoms with Crippen molar-refractivity contribution in [2.24, 2.45) is 0 Å². The first-order valence-corrected chi connectivity index (χ1v) is 19.3. The largest absolute Gasteiger partial charge is 0.208 e. The topological polar surface area (TPSA) is 38.7 Å². The van der Waals surface area contributed by atoms with Gasteiger partial charge in [0.05, 0.1) is 0 Å². The lowest BCUT2D eigenvalue weighted by atomic mass is 9.92. The molecule has 2 heterocycles. The monoisotopic (exact) mass is 717 g/mol. The van der Waals surface area contributed by atoms with Gasteiger partial charge in [-0.15, -0.1) is 11.3 Å². The summed E-state index contributed by atoms with van der Waals surface area (Å²) in [6.07, 6.45) is 0. The number of hydrogen-bond donors (Lipinski definition) is 0. The quantitative estimate of drug-likeness (QED) is 0.178. The van der Waals surface area contributed by atoms with Gasteiger partial charge in [0.2, 0.25) is 0 Å². The SMILES string of the molecule is c1cc(-c2nc(-c3c(-c4ccc5ccccc5c4)ccc4ccccc34)nc(-c3cccc4c3sc3ccccc34)n2)cc(-c2cccc3ccccc23)c1. The van der Waals surface area contributed by atoms with Crippen LogP contribution in [0.5, 0.6) is 0 Å². The molecule has 0 unspecified atom stereocenters. The van der Waals surface area contributed by atoms with Crippen LogP contribution in [0.3, 0.4) is 0 Å². The van der Waals surface area contributed by atoms with Crippen LogP contribution in [0.2, 0.25) is 0 Å². The molecule has 0 atom stereocenters. The third-order valence-electron chi connectivity index (χ3n) is 10.7. The number of nitrogens with zero attached hydrogens (tertiary/aromatic N) is 3. The number of rotatable bonds is 5. The summed E-state index contributed by atoms with van der Waals surface area (Å²) in [5, 5.41) is 9.51. The van der Waals surface area contributed by atoms with E-state index >= 15 is 0 Å². The summed E-state index contributed by atoms with van der Waals surface area (Å²) in [5.41, 5.74) is 7.42. The van der Waals surface area contributed by atoms with Crippen LogP contribution in [-0.2, 0) is 0 Å². The van der Waals surface area contributed by atoms with Crippen molar-refractivity contribution >= 4 is 63.8 Å². The molecule has 9 aromatic carbocycles. The molecular weight excluding hydrogens is 687 g/mol. The van der Waals surface area contributed by atoms with E-state index < -0.39 is 0 Å².